The van der Waals surface area contributed by atoms with E-state index in [4.69, 9.17) is 0 Å². The van der Waals surface area contributed by atoms with Crippen molar-refractivity contribution in [1.82, 2.24) is 0 Å². The van der Waals surface area contributed by atoms with Gasteiger partial charge < -0.3 is 0 Å². The maximum Gasteiger partial charge on any atom is 0.179 e. The van der Waals surface area contributed by atoms with Crippen LogP contribution in [0.3, 0.4) is 0 Å². The molecule has 1 aliphatic heterocycles. The number of rotatable bonds is 0. The topological polar surface area (TPSA) is 21.5 Å². The summed E-state index contributed by atoms with van der Waals surface area (Å²) < 4.78 is 0. The normalized spacial score (nSPS) is 24.5. The van der Waals surface area contributed by atoms with E-state index in [0.29, 0.717) is 0 Å². The molecule has 0 unspecified atom stereocenters. The first kappa shape index (κ1) is 12.8. The number of ketones is 1. The van der Waals surface area contributed by atoms with Crippen LogP contribution in [0.25, 0.3) is 0 Å². The summed E-state index contributed by atoms with van der Waals surface area (Å²) in [6.07, 6.45) is 7.85. The minimum atomic E-state index is 0.0937. The average Bonchev–Trinajstić information content (AvgIpc) is 2.20. The number of carbonyl (C=O) groups excluding carboxylic acids is 1. The summed E-state index contributed by atoms with van der Waals surface area (Å²) >= 11 is 0. The highest BCUT2D eigenvalue weighted by Crippen LogP contribution is 2.33. The molecule has 0 saturated carbocycles. The second kappa shape index (κ2) is 4.54. The van der Waals surface area contributed by atoms with Crippen molar-refractivity contribution in [3.63, 3.8) is 0 Å². The summed E-state index contributed by atoms with van der Waals surface area (Å²) in [6, 6.07) is 0. The third kappa shape index (κ3) is 2.16. The van der Waals surface area contributed by atoms with Crippen molar-refractivity contribution < 1.29 is 9.69 Å². The largest absolute Gasteiger partial charge is 0.290 e. The summed E-state index contributed by atoms with van der Waals surface area (Å²) in [6.45, 7) is 8.31. The number of nitrogens with one attached hydrogen (secondary N) is 1. The molecule has 0 aromatic heterocycles. The molecular formula is C16H20NO+. The van der Waals surface area contributed by atoms with E-state index >= 15 is 0 Å². The second-order valence-corrected chi connectivity index (χ2v) is 5.21. The first-order chi connectivity index (χ1) is 8.40. The summed E-state index contributed by atoms with van der Waals surface area (Å²) in [5, 5.41) is 0. The number of allylic oxidation sites excluding steroid dienone is 8. The summed E-state index contributed by atoms with van der Waals surface area (Å²) in [5.74, 6) is 0.0937. The standard InChI is InChI=1S/C16H19NO/c1-10-6-14(18)7-11(2)15(10)16-12(3)8-17(5)9-13(16)4/h6-9H,1-5H3/p+1. The van der Waals surface area contributed by atoms with E-state index in [1.807, 2.05) is 13.8 Å². The molecule has 2 rings (SSSR count). The van der Waals surface area contributed by atoms with Crippen molar-refractivity contribution in [2.75, 3.05) is 7.05 Å². The Morgan fingerprint density at radius 3 is 1.61 bits per heavy atom. The molecule has 2 nitrogen and oxygen atoms in total. The van der Waals surface area contributed by atoms with E-state index in [9.17, 15) is 4.79 Å². The van der Waals surface area contributed by atoms with Crippen LogP contribution in [0.5, 0.6) is 0 Å². The zero-order valence-electron chi connectivity index (χ0n) is 11.7. The first-order valence-electron chi connectivity index (χ1n) is 6.26. The highest BCUT2D eigenvalue weighted by Gasteiger charge is 2.22. The second-order valence-electron chi connectivity index (χ2n) is 5.21. The lowest BCUT2D eigenvalue weighted by Crippen LogP contribution is -2.99. The summed E-state index contributed by atoms with van der Waals surface area (Å²) in [4.78, 5) is 12.8. The quantitative estimate of drug-likeness (QED) is 0.690. The van der Waals surface area contributed by atoms with Crippen molar-refractivity contribution in [3.05, 3.63) is 58.0 Å². The molecule has 0 saturated heterocycles. The minimum absolute atomic E-state index is 0.0937. The lowest BCUT2D eigenvalue weighted by Gasteiger charge is -2.23. The lowest BCUT2D eigenvalue weighted by atomic mass is 9.83. The van der Waals surface area contributed by atoms with E-state index in [-0.39, 0.29) is 5.78 Å². The van der Waals surface area contributed by atoms with E-state index in [1.165, 1.54) is 27.2 Å². The Kier molecular flexibility index (Phi) is 3.22. The summed E-state index contributed by atoms with van der Waals surface area (Å²) in [5.41, 5.74) is 7.17. The van der Waals surface area contributed by atoms with E-state index < -0.39 is 0 Å². The molecule has 0 amide bonds. The Balaban J connectivity index is 2.65. The molecule has 2 aliphatic rings. The van der Waals surface area contributed by atoms with Gasteiger partial charge >= 0.3 is 0 Å². The van der Waals surface area contributed by atoms with Gasteiger partial charge in [0.2, 0.25) is 0 Å². The minimum Gasteiger partial charge on any atom is -0.290 e. The van der Waals surface area contributed by atoms with Crippen LogP contribution in [-0.2, 0) is 4.79 Å². The van der Waals surface area contributed by atoms with Crippen molar-refractivity contribution in [1.29, 1.82) is 0 Å². The van der Waals surface area contributed by atoms with E-state index in [1.54, 1.807) is 12.2 Å². The Labute approximate surface area is 109 Å². The predicted octanol–water partition coefficient (Wildman–Crippen LogP) is 2.09. The van der Waals surface area contributed by atoms with Crippen molar-refractivity contribution in [3.8, 4) is 0 Å². The van der Waals surface area contributed by atoms with Crippen molar-refractivity contribution >= 4 is 5.78 Å². The predicted molar refractivity (Wildman–Crippen MR) is 73.9 cm³/mol. The Bertz CT molecular complexity index is 522. The monoisotopic (exact) mass is 242 g/mol. The van der Waals surface area contributed by atoms with Crippen LogP contribution < -0.4 is 4.90 Å². The SMILES string of the molecule is CC1=CC(=O)C=C(C)C1=C1C(C)=C[NH+](C)C=C1C. The summed E-state index contributed by atoms with van der Waals surface area (Å²) in [7, 11) is 2.12. The number of hydrogen-bond acceptors (Lipinski definition) is 1. The van der Waals surface area contributed by atoms with Gasteiger partial charge in [0.1, 0.15) is 12.4 Å². The van der Waals surface area contributed by atoms with Crippen LogP contribution in [0.4, 0.5) is 0 Å². The van der Waals surface area contributed by atoms with Crippen LogP contribution in [-0.4, -0.2) is 12.8 Å². The molecule has 0 fully saturated rings. The molecule has 18 heavy (non-hydrogen) atoms. The van der Waals surface area contributed by atoms with Gasteiger partial charge in [-0.1, -0.05) is 0 Å². The van der Waals surface area contributed by atoms with Crippen LogP contribution >= 0.6 is 0 Å². The molecule has 0 spiro atoms. The van der Waals surface area contributed by atoms with Gasteiger partial charge in [-0.25, -0.2) is 0 Å². The molecular weight excluding hydrogens is 222 g/mol. The molecule has 0 radical (unpaired) electrons. The number of carbonyl (C=O) groups is 1. The van der Waals surface area contributed by atoms with Crippen LogP contribution in [0, 0.1) is 0 Å². The Morgan fingerprint density at radius 1 is 0.778 bits per heavy atom. The zero-order valence-corrected chi connectivity index (χ0v) is 11.7. The zero-order chi connectivity index (χ0) is 13.4. The van der Waals surface area contributed by atoms with Crippen LogP contribution in [0.2, 0.25) is 0 Å². The van der Waals surface area contributed by atoms with Gasteiger partial charge in [0.25, 0.3) is 0 Å². The maximum absolute atomic E-state index is 11.5. The van der Waals surface area contributed by atoms with Gasteiger partial charge in [0, 0.05) is 11.1 Å². The maximum atomic E-state index is 11.5. The Morgan fingerprint density at radius 2 is 1.17 bits per heavy atom. The number of hydrogen-bond donors (Lipinski definition) is 1. The van der Waals surface area contributed by atoms with Crippen molar-refractivity contribution in [2.45, 2.75) is 27.7 Å². The molecule has 94 valence electrons. The van der Waals surface area contributed by atoms with Gasteiger partial charge in [-0.3, -0.25) is 9.69 Å². The fourth-order valence-electron chi connectivity index (χ4n) is 2.89. The molecule has 0 atom stereocenters. The molecule has 1 heterocycles. The third-order valence-corrected chi connectivity index (χ3v) is 3.43. The fraction of sp³-hybridized carbons (Fsp3) is 0.312. The van der Waals surface area contributed by atoms with E-state index in [0.717, 1.165) is 11.1 Å². The van der Waals surface area contributed by atoms with Crippen molar-refractivity contribution in [2.24, 2.45) is 0 Å². The Hall–Kier alpha value is -1.67. The highest BCUT2D eigenvalue weighted by molar-refractivity contribution is 6.03. The van der Waals surface area contributed by atoms with Gasteiger partial charge in [0.15, 0.2) is 5.78 Å². The van der Waals surface area contributed by atoms with Crippen LogP contribution in [0.15, 0.2) is 58.0 Å². The molecule has 1 N–H and O–H groups in total. The van der Waals surface area contributed by atoms with Gasteiger partial charge in [0.05, 0.1) is 7.05 Å². The molecule has 2 heteroatoms. The number of quaternary nitrogens is 1. The van der Waals surface area contributed by atoms with E-state index in [2.05, 4.69) is 33.3 Å². The van der Waals surface area contributed by atoms with Gasteiger partial charge in [-0.15, -0.1) is 0 Å². The lowest BCUT2D eigenvalue weighted by molar-refractivity contribution is -0.767. The molecule has 0 aromatic rings. The van der Waals surface area contributed by atoms with Crippen LogP contribution in [0.1, 0.15) is 27.7 Å². The molecule has 0 bridgehead atoms. The fourth-order valence-corrected chi connectivity index (χ4v) is 2.89. The van der Waals surface area contributed by atoms with Gasteiger partial charge in [-0.2, -0.15) is 0 Å². The molecule has 1 aliphatic carbocycles. The average molecular weight is 242 g/mol. The molecule has 0 aromatic carbocycles. The smallest absolute Gasteiger partial charge is 0.179 e. The van der Waals surface area contributed by atoms with Gasteiger partial charge in [-0.05, 0) is 62.1 Å². The first-order valence-corrected chi connectivity index (χ1v) is 6.26. The highest BCUT2D eigenvalue weighted by atomic mass is 16.1. The third-order valence-electron chi connectivity index (χ3n) is 3.43.